The van der Waals surface area contributed by atoms with Gasteiger partial charge in [0, 0.05) is 12.6 Å². The van der Waals surface area contributed by atoms with E-state index in [1.165, 1.54) is 4.68 Å². The first kappa shape index (κ1) is 14.8. The molecule has 0 aromatic carbocycles. The first-order chi connectivity index (χ1) is 8.45. The highest BCUT2D eigenvalue weighted by Gasteiger charge is 2.11. The van der Waals surface area contributed by atoms with Gasteiger partial charge < -0.3 is 5.32 Å². The fraction of sp³-hybridized carbons (Fsp3) is 0.538. The Kier molecular flexibility index (Phi) is 5.41. The molecule has 1 atom stereocenters. The van der Waals surface area contributed by atoms with Crippen molar-refractivity contribution in [3.05, 3.63) is 34.2 Å². The van der Waals surface area contributed by atoms with E-state index in [1.54, 1.807) is 6.20 Å². The van der Waals surface area contributed by atoms with Crippen molar-refractivity contribution in [2.75, 3.05) is 5.32 Å². The van der Waals surface area contributed by atoms with E-state index >= 15 is 0 Å². The van der Waals surface area contributed by atoms with Crippen molar-refractivity contribution in [3.63, 3.8) is 0 Å². The lowest BCUT2D eigenvalue weighted by atomic mass is 10.2. The summed E-state index contributed by atoms with van der Waals surface area (Å²) in [6, 6.07) is 0.169. The maximum Gasteiger partial charge on any atom is 0.287 e. The van der Waals surface area contributed by atoms with E-state index in [-0.39, 0.29) is 16.6 Å². The number of nitrogens with zero attached hydrogens (tertiary/aromatic N) is 2. The van der Waals surface area contributed by atoms with E-state index in [1.807, 2.05) is 26.8 Å². The molecule has 0 amide bonds. The Morgan fingerprint density at radius 1 is 1.56 bits per heavy atom. The minimum atomic E-state index is -0.249. The monoisotopic (exact) mass is 269 g/mol. The molecule has 0 aliphatic carbocycles. The fourth-order valence-corrected chi connectivity index (χ4v) is 1.82. The smallest absolute Gasteiger partial charge is 0.287 e. The van der Waals surface area contributed by atoms with Crippen molar-refractivity contribution < 1.29 is 0 Å². The summed E-state index contributed by atoms with van der Waals surface area (Å²) in [6.45, 7) is 10.3. The zero-order chi connectivity index (χ0) is 13.7. The van der Waals surface area contributed by atoms with Crippen LogP contribution in [0.1, 0.15) is 27.2 Å². The van der Waals surface area contributed by atoms with E-state index in [9.17, 15) is 4.79 Å². The second-order valence-electron chi connectivity index (χ2n) is 4.82. The lowest BCUT2D eigenvalue weighted by Crippen LogP contribution is -2.27. The van der Waals surface area contributed by atoms with Crippen molar-refractivity contribution in [3.8, 4) is 0 Å². The van der Waals surface area contributed by atoms with Crippen LogP contribution in [0.5, 0.6) is 0 Å². The molecule has 1 N–H and O–H groups in total. The van der Waals surface area contributed by atoms with Crippen LogP contribution in [0.4, 0.5) is 5.69 Å². The van der Waals surface area contributed by atoms with Crippen LogP contribution < -0.4 is 10.9 Å². The standard InChI is InChI=1S/C13H20ClN3O/c1-5-6-10(4)16-11-7-15-17(8-9(2)3)13(18)12(11)14/h5,7,9-10,16H,1,6,8H2,2-4H3. The van der Waals surface area contributed by atoms with Gasteiger partial charge in [-0.15, -0.1) is 6.58 Å². The number of hydrogen-bond acceptors (Lipinski definition) is 3. The van der Waals surface area contributed by atoms with Crippen molar-refractivity contribution >= 4 is 17.3 Å². The molecular formula is C13H20ClN3O. The van der Waals surface area contributed by atoms with Crippen LogP contribution in [-0.2, 0) is 6.54 Å². The molecule has 0 saturated heterocycles. The molecule has 1 unspecified atom stereocenters. The quantitative estimate of drug-likeness (QED) is 0.808. The lowest BCUT2D eigenvalue weighted by Gasteiger charge is -2.15. The molecule has 0 radical (unpaired) electrons. The fourth-order valence-electron chi connectivity index (χ4n) is 1.62. The molecule has 1 aromatic heterocycles. The summed E-state index contributed by atoms with van der Waals surface area (Å²) in [5, 5.41) is 7.47. The SMILES string of the molecule is C=CCC(C)Nc1cnn(CC(C)C)c(=O)c1Cl. The van der Waals surface area contributed by atoms with Gasteiger partial charge in [-0.1, -0.05) is 31.5 Å². The number of anilines is 1. The van der Waals surface area contributed by atoms with Gasteiger partial charge in [-0.05, 0) is 19.3 Å². The predicted octanol–water partition coefficient (Wildman–Crippen LogP) is 2.93. The molecule has 5 heteroatoms. The van der Waals surface area contributed by atoms with Crippen LogP contribution >= 0.6 is 11.6 Å². The third-order valence-electron chi connectivity index (χ3n) is 2.45. The Balaban J connectivity index is 2.93. The van der Waals surface area contributed by atoms with E-state index in [2.05, 4.69) is 17.0 Å². The minimum absolute atomic E-state index is 0.169. The van der Waals surface area contributed by atoms with Crippen molar-refractivity contribution in [2.24, 2.45) is 5.92 Å². The number of hydrogen-bond donors (Lipinski definition) is 1. The molecule has 4 nitrogen and oxygen atoms in total. The van der Waals surface area contributed by atoms with Crippen LogP contribution in [0.3, 0.4) is 0 Å². The predicted molar refractivity (Wildman–Crippen MR) is 76.2 cm³/mol. The topological polar surface area (TPSA) is 46.9 Å². The number of halogens is 1. The molecule has 0 aliphatic heterocycles. The zero-order valence-corrected chi connectivity index (χ0v) is 11.9. The molecular weight excluding hydrogens is 250 g/mol. The summed E-state index contributed by atoms with van der Waals surface area (Å²) in [4.78, 5) is 12.0. The van der Waals surface area contributed by atoms with Gasteiger partial charge in [0.25, 0.3) is 5.56 Å². The summed E-state index contributed by atoms with van der Waals surface area (Å²) < 4.78 is 1.40. The van der Waals surface area contributed by atoms with Crippen LogP contribution in [-0.4, -0.2) is 15.8 Å². The van der Waals surface area contributed by atoms with Crippen molar-refractivity contribution in [1.29, 1.82) is 0 Å². The molecule has 0 bridgehead atoms. The lowest BCUT2D eigenvalue weighted by molar-refractivity contribution is 0.464. The van der Waals surface area contributed by atoms with Gasteiger partial charge in [0.05, 0.1) is 11.9 Å². The maximum atomic E-state index is 12.0. The van der Waals surface area contributed by atoms with Gasteiger partial charge >= 0.3 is 0 Å². The molecule has 0 aliphatic rings. The highest BCUT2D eigenvalue weighted by molar-refractivity contribution is 6.32. The zero-order valence-electron chi connectivity index (χ0n) is 11.1. The molecule has 0 fully saturated rings. The third kappa shape index (κ3) is 3.88. The molecule has 100 valence electrons. The Bertz CT molecular complexity index is 468. The highest BCUT2D eigenvalue weighted by atomic mass is 35.5. The second-order valence-corrected chi connectivity index (χ2v) is 5.20. The summed E-state index contributed by atoms with van der Waals surface area (Å²) in [6.07, 6.45) is 4.22. The number of rotatable bonds is 6. The molecule has 1 rings (SSSR count). The van der Waals surface area contributed by atoms with Crippen LogP contribution in [0.25, 0.3) is 0 Å². The third-order valence-corrected chi connectivity index (χ3v) is 2.81. The summed E-state index contributed by atoms with van der Waals surface area (Å²) in [5.74, 6) is 0.352. The molecule has 18 heavy (non-hydrogen) atoms. The van der Waals surface area contributed by atoms with Gasteiger partial charge in [0.2, 0.25) is 0 Å². The van der Waals surface area contributed by atoms with Crippen molar-refractivity contribution in [1.82, 2.24) is 9.78 Å². The van der Waals surface area contributed by atoms with Gasteiger partial charge in [-0.25, -0.2) is 4.68 Å². The average Bonchev–Trinajstić information content (AvgIpc) is 2.29. The maximum absolute atomic E-state index is 12.0. The van der Waals surface area contributed by atoms with Gasteiger partial charge in [-0.2, -0.15) is 5.10 Å². The Morgan fingerprint density at radius 3 is 2.78 bits per heavy atom. The molecule has 1 heterocycles. The summed E-state index contributed by atoms with van der Waals surface area (Å²) >= 11 is 6.06. The normalized spacial score (nSPS) is 12.5. The van der Waals surface area contributed by atoms with Crippen LogP contribution in [0.15, 0.2) is 23.6 Å². The van der Waals surface area contributed by atoms with Crippen molar-refractivity contribution in [2.45, 2.75) is 39.8 Å². The number of nitrogens with one attached hydrogen (secondary N) is 1. The summed E-state index contributed by atoms with van der Waals surface area (Å²) in [5.41, 5.74) is 0.331. The molecule has 0 spiro atoms. The first-order valence-corrected chi connectivity index (χ1v) is 6.46. The van der Waals surface area contributed by atoms with E-state index in [4.69, 9.17) is 11.6 Å². The Hall–Kier alpha value is -1.29. The molecule has 0 saturated carbocycles. The second kappa shape index (κ2) is 6.59. The molecule has 1 aromatic rings. The van der Waals surface area contributed by atoms with E-state index in [0.717, 1.165) is 6.42 Å². The Labute approximate surface area is 113 Å². The minimum Gasteiger partial charge on any atom is -0.380 e. The van der Waals surface area contributed by atoms with Gasteiger partial charge in [-0.3, -0.25) is 4.79 Å². The van der Waals surface area contributed by atoms with E-state index in [0.29, 0.717) is 18.2 Å². The average molecular weight is 270 g/mol. The first-order valence-electron chi connectivity index (χ1n) is 6.08. The number of aromatic nitrogens is 2. The summed E-state index contributed by atoms with van der Waals surface area (Å²) in [7, 11) is 0. The van der Waals surface area contributed by atoms with E-state index < -0.39 is 0 Å². The van der Waals surface area contributed by atoms with Crippen LogP contribution in [0.2, 0.25) is 5.02 Å². The Morgan fingerprint density at radius 2 is 2.22 bits per heavy atom. The highest BCUT2D eigenvalue weighted by Crippen LogP contribution is 2.17. The van der Waals surface area contributed by atoms with Crippen LogP contribution in [0, 0.1) is 5.92 Å². The van der Waals surface area contributed by atoms with Gasteiger partial charge in [0.15, 0.2) is 0 Å². The van der Waals surface area contributed by atoms with Gasteiger partial charge in [0.1, 0.15) is 5.02 Å². The largest absolute Gasteiger partial charge is 0.380 e.